The largest absolute Gasteiger partial charge is 0.462 e. The Morgan fingerprint density at radius 1 is 0.727 bits per heavy atom. The molecule has 0 N–H and O–H groups in total. The second kappa shape index (κ2) is 22.9. The van der Waals surface area contributed by atoms with Gasteiger partial charge in [0.15, 0.2) is 0 Å². The number of ether oxygens (including phenoxy) is 5. The Balaban J connectivity index is 2.09. The van der Waals surface area contributed by atoms with Crippen molar-refractivity contribution in [2.75, 3.05) is 6.61 Å². The molecule has 2 aliphatic rings. The van der Waals surface area contributed by atoms with E-state index in [0.29, 0.717) is 74.4 Å². The van der Waals surface area contributed by atoms with Gasteiger partial charge < -0.3 is 23.7 Å². The summed E-state index contributed by atoms with van der Waals surface area (Å²) in [7, 11) is 0. The van der Waals surface area contributed by atoms with Crippen LogP contribution >= 0.6 is 0 Å². The maximum atomic E-state index is 12.6. The summed E-state index contributed by atoms with van der Waals surface area (Å²) < 4.78 is 33.1. The van der Waals surface area contributed by atoms with E-state index in [1.807, 2.05) is 42.5 Å². The summed E-state index contributed by atoms with van der Waals surface area (Å²) in [5.41, 5.74) is 0.240. The zero-order valence-corrected chi connectivity index (χ0v) is 35.8. The first-order valence-electron chi connectivity index (χ1n) is 21.3. The molecule has 0 spiro atoms. The van der Waals surface area contributed by atoms with Gasteiger partial charge in [-0.05, 0) is 79.6 Å². The summed E-state index contributed by atoms with van der Waals surface area (Å²) in [6.07, 6.45) is 13.9. The fourth-order valence-corrected chi connectivity index (χ4v) is 10.1. The summed E-state index contributed by atoms with van der Waals surface area (Å²) in [4.78, 5) is 24.9. The van der Waals surface area contributed by atoms with Crippen LogP contribution in [0.5, 0.6) is 0 Å². The lowest BCUT2D eigenvalue weighted by molar-refractivity contribution is -0.205. The third-order valence-corrected chi connectivity index (χ3v) is 12.2. The highest BCUT2D eigenvalue weighted by molar-refractivity contribution is 5.66. The van der Waals surface area contributed by atoms with Crippen LogP contribution in [0.2, 0.25) is 0 Å². The van der Waals surface area contributed by atoms with Gasteiger partial charge in [-0.3, -0.25) is 9.59 Å². The number of hydrogen-bond donors (Lipinski definition) is 0. The average molecular weight is 765 g/mol. The summed E-state index contributed by atoms with van der Waals surface area (Å²) >= 11 is 0. The predicted octanol–water partition coefficient (Wildman–Crippen LogP) is 11.4. The van der Waals surface area contributed by atoms with Crippen LogP contribution in [-0.4, -0.2) is 54.2 Å². The molecule has 1 aromatic rings. The first-order valence-corrected chi connectivity index (χ1v) is 21.3. The lowest BCUT2D eigenvalue weighted by Crippen LogP contribution is -2.52. The minimum absolute atomic E-state index is 0.325. The molecule has 1 aromatic carbocycles. The molecule has 0 saturated heterocycles. The van der Waals surface area contributed by atoms with E-state index in [2.05, 4.69) is 61.3 Å². The van der Waals surface area contributed by atoms with Crippen molar-refractivity contribution in [1.82, 2.24) is 0 Å². The number of hydrogen-bond acceptors (Lipinski definition) is 7. The van der Waals surface area contributed by atoms with Crippen molar-refractivity contribution in [3.05, 3.63) is 73.9 Å². The average Bonchev–Trinajstić information content (AvgIpc) is 3.09. The highest BCUT2D eigenvalue weighted by atomic mass is 16.6. The monoisotopic (exact) mass is 765 g/mol. The molecular formula is C48H76O7. The maximum absolute atomic E-state index is 12.6. The lowest BCUT2D eigenvalue weighted by Gasteiger charge is -2.51. The zero-order valence-electron chi connectivity index (χ0n) is 35.8. The molecule has 0 heterocycles. The molecule has 310 valence electrons. The van der Waals surface area contributed by atoms with Gasteiger partial charge >= 0.3 is 11.9 Å². The molecule has 0 unspecified atom stereocenters. The van der Waals surface area contributed by atoms with Crippen LogP contribution in [0.1, 0.15) is 138 Å². The fraction of sp³-hybridized carbons (Fsp3) is 0.708. The van der Waals surface area contributed by atoms with Crippen molar-refractivity contribution in [2.45, 2.75) is 175 Å². The number of esters is 2. The van der Waals surface area contributed by atoms with Gasteiger partial charge in [-0.2, -0.15) is 0 Å². The van der Waals surface area contributed by atoms with E-state index in [9.17, 15) is 9.59 Å². The van der Waals surface area contributed by atoms with Gasteiger partial charge in [-0.1, -0.05) is 110 Å². The second-order valence-corrected chi connectivity index (χ2v) is 17.7. The van der Waals surface area contributed by atoms with Gasteiger partial charge in [-0.15, -0.1) is 13.2 Å². The van der Waals surface area contributed by atoms with Crippen molar-refractivity contribution in [3.63, 3.8) is 0 Å². The SMILES string of the molecule is C=CC[C@]1(O[C@H](C[C@H](C[C@@H](CCOCc2ccccc2)OC(C)=O)O[C@@]2(CC=C)C[C@H](C)CC[C@H]2C(C)C)C[C@@H](C=C)OC(C)=O)C[C@H](C)CC[C@H]1C(C)C. The normalized spacial score (nSPS) is 27.8. The Labute approximate surface area is 335 Å². The predicted molar refractivity (Wildman–Crippen MR) is 223 cm³/mol. The minimum atomic E-state index is -0.529. The molecule has 2 fully saturated rings. The van der Waals surface area contributed by atoms with Crippen LogP contribution in [0.4, 0.5) is 0 Å². The molecule has 2 aliphatic carbocycles. The smallest absolute Gasteiger partial charge is 0.303 e. The van der Waals surface area contributed by atoms with Crippen LogP contribution in [0, 0.1) is 35.5 Å². The molecule has 0 bridgehead atoms. The van der Waals surface area contributed by atoms with Crippen molar-refractivity contribution < 1.29 is 33.3 Å². The molecule has 0 radical (unpaired) electrons. The van der Waals surface area contributed by atoms with Gasteiger partial charge in [0.2, 0.25) is 0 Å². The van der Waals surface area contributed by atoms with Crippen molar-refractivity contribution in [2.24, 2.45) is 35.5 Å². The number of rotatable bonds is 24. The molecule has 7 nitrogen and oxygen atoms in total. The first-order chi connectivity index (χ1) is 26.1. The molecule has 3 rings (SSSR count). The zero-order chi connectivity index (χ0) is 40.6. The third-order valence-electron chi connectivity index (χ3n) is 12.2. The quantitative estimate of drug-likeness (QED) is 0.0589. The van der Waals surface area contributed by atoms with E-state index in [1.165, 1.54) is 26.7 Å². The number of benzene rings is 1. The standard InChI is InChI=1S/C48H76O7/c1-12-25-47(31-36(8)20-22-45(47)34(4)5)54-43(28-41(14-3)52-38(10)49)30-44(55-48(26-13-2)32-37(9)21-23-46(48)35(6)7)29-42(53-39(11)50)24-27-51-33-40-18-16-15-17-19-40/h12-19,34-37,41-46H,1-3,20-33H2,4-11H3/t36-,37-,41-,42-,43+,44+,45+,46+,47+,48+/m1/s1. The first kappa shape index (κ1) is 46.6. The van der Waals surface area contributed by atoms with Crippen LogP contribution < -0.4 is 0 Å². The van der Waals surface area contributed by atoms with Gasteiger partial charge in [-0.25, -0.2) is 0 Å². The van der Waals surface area contributed by atoms with E-state index in [0.717, 1.165) is 44.1 Å². The van der Waals surface area contributed by atoms with E-state index >= 15 is 0 Å². The van der Waals surface area contributed by atoms with Crippen LogP contribution in [0.25, 0.3) is 0 Å². The molecule has 0 aromatic heterocycles. The molecule has 0 aliphatic heterocycles. The minimum Gasteiger partial charge on any atom is -0.462 e. The van der Waals surface area contributed by atoms with Crippen LogP contribution in [0.15, 0.2) is 68.3 Å². The third kappa shape index (κ3) is 14.6. The summed E-state index contributed by atoms with van der Waals surface area (Å²) in [5.74, 6) is 1.83. The Bertz CT molecular complexity index is 1320. The van der Waals surface area contributed by atoms with E-state index < -0.39 is 23.4 Å². The highest BCUT2D eigenvalue weighted by Gasteiger charge is 2.49. The van der Waals surface area contributed by atoms with Crippen LogP contribution in [0.3, 0.4) is 0 Å². The van der Waals surface area contributed by atoms with Crippen LogP contribution in [-0.2, 0) is 39.9 Å². The topological polar surface area (TPSA) is 80.3 Å². The Morgan fingerprint density at radius 3 is 1.67 bits per heavy atom. The number of carbonyl (C=O) groups excluding carboxylic acids is 2. The fourth-order valence-electron chi connectivity index (χ4n) is 10.1. The lowest BCUT2D eigenvalue weighted by atomic mass is 9.65. The van der Waals surface area contributed by atoms with E-state index in [4.69, 9.17) is 23.7 Å². The summed E-state index contributed by atoms with van der Waals surface area (Å²) in [6, 6.07) is 10.1. The molecule has 55 heavy (non-hydrogen) atoms. The summed E-state index contributed by atoms with van der Waals surface area (Å²) in [6.45, 7) is 30.2. The van der Waals surface area contributed by atoms with Crippen molar-refractivity contribution >= 4 is 11.9 Å². The Hall–Kier alpha value is -2.74. The molecule has 7 heteroatoms. The van der Waals surface area contributed by atoms with Gasteiger partial charge in [0.25, 0.3) is 0 Å². The second-order valence-electron chi connectivity index (χ2n) is 17.7. The van der Waals surface area contributed by atoms with Crippen molar-refractivity contribution in [1.29, 1.82) is 0 Å². The Morgan fingerprint density at radius 2 is 1.22 bits per heavy atom. The van der Waals surface area contributed by atoms with Gasteiger partial charge in [0, 0.05) is 39.5 Å². The molecular weight excluding hydrogens is 689 g/mol. The maximum Gasteiger partial charge on any atom is 0.303 e. The van der Waals surface area contributed by atoms with E-state index in [-0.39, 0.29) is 24.1 Å². The van der Waals surface area contributed by atoms with E-state index in [1.54, 1.807) is 6.08 Å². The Kier molecular flexibility index (Phi) is 19.4. The van der Waals surface area contributed by atoms with Crippen molar-refractivity contribution in [3.8, 4) is 0 Å². The summed E-state index contributed by atoms with van der Waals surface area (Å²) in [5, 5.41) is 0. The highest BCUT2D eigenvalue weighted by Crippen LogP contribution is 2.49. The molecule has 0 amide bonds. The number of carbonyl (C=O) groups is 2. The van der Waals surface area contributed by atoms with Gasteiger partial charge in [0.05, 0.1) is 36.6 Å². The molecule has 2 saturated carbocycles. The molecule has 10 atom stereocenters. The van der Waals surface area contributed by atoms with Gasteiger partial charge in [0.1, 0.15) is 12.2 Å².